The SMILES string of the molecule is CNC(Cc1cccc(O)c1)c1cccc(F)c1. The van der Waals surface area contributed by atoms with Crippen molar-refractivity contribution in [3.63, 3.8) is 0 Å². The summed E-state index contributed by atoms with van der Waals surface area (Å²) in [6.07, 6.45) is 0.703. The van der Waals surface area contributed by atoms with Crippen LogP contribution in [-0.4, -0.2) is 12.2 Å². The lowest BCUT2D eigenvalue weighted by Gasteiger charge is -2.17. The van der Waals surface area contributed by atoms with Gasteiger partial charge < -0.3 is 10.4 Å². The van der Waals surface area contributed by atoms with Gasteiger partial charge in [0.2, 0.25) is 0 Å². The highest BCUT2D eigenvalue weighted by molar-refractivity contribution is 5.29. The highest BCUT2D eigenvalue weighted by Gasteiger charge is 2.11. The zero-order valence-electron chi connectivity index (χ0n) is 10.2. The number of halogens is 1. The van der Waals surface area contributed by atoms with Crippen LogP contribution in [0.25, 0.3) is 0 Å². The van der Waals surface area contributed by atoms with E-state index in [1.54, 1.807) is 18.2 Å². The van der Waals surface area contributed by atoms with Crippen molar-refractivity contribution in [2.24, 2.45) is 0 Å². The van der Waals surface area contributed by atoms with Crippen molar-refractivity contribution in [3.8, 4) is 5.75 Å². The van der Waals surface area contributed by atoms with Crippen LogP contribution in [0.15, 0.2) is 48.5 Å². The Bertz CT molecular complexity index is 527. The zero-order valence-corrected chi connectivity index (χ0v) is 10.2. The Hall–Kier alpha value is -1.87. The molecule has 2 aromatic carbocycles. The monoisotopic (exact) mass is 245 g/mol. The van der Waals surface area contributed by atoms with Gasteiger partial charge in [0.05, 0.1) is 0 Å². The Kier molecular flexibility index (Phi) is 3.95. The van der Waals surface area contributed by atoms with Gasteiger partial charge in [-0.05, 0) is 48.9 Å². The molecule has 2 N–H and O–H groups in total. The molecule has 2 nitrogen and oxygen atoms in total. The number of likely N-dealkylation sites (N-methyl/N-ethyl adjacent to an activating group) is 1. The number of nitrogens with one attached hydrogen (secondary N) is 1. The molecule has 0 aromatic heterocycles. The minimum absolute atomic E-state index is 0.0301. The Morgan fingerprint density at radius 2 is 1.94 bits per heavy atom. The minimum atomic E-state index is -0.233. The highest BCUT2D eigenvalue weighted by Crippen LogP contribution is 2.21. The maximum absolute atomic E-state index is 13.2. The number of benzene rings is 2. The van der Waals surface area contributed by atoms with Crippen LogP contribution in [0.5, 0.6) is 5.75 Å². The van der Waals surface area contributed by atoms with Crippen LogP contribution < -0.4 is 5.32 Å². The van der Waals surface area contributed by atoms with Gasteiger partial charge in [-0.25, -0.2) is 4.39 Å². The standard InChI is InChI=1S/C15H16FNO/c1-17-15(12-5-3-6-13(16)10-12)9-11-4-2-7-14(18)8-11/h2-8,10,15,17-18H,9H2,1H3. The van der Waals surface area contributed by atoms with E-state index in [1.165, 1.54) is 12.1 Å². The van der Waals surface area contributed by atoms with E-state index < -0.39 is 0 Å². The summed E-state index contributed by atoms with van der Waals surface area (Å²) in [4.78, 5) is 0. The van der Waals surface area contributed by atoms with Crippen molar-refractivity contribution in [2.45, 2.75) is 12.5 Å². The van der Waals surface area contributed by atoms with E-state index in [0.29, 0.717) is 6.42 Å². The molecule has 0 aliphatic rings. The summed E-state index contributed by atoms with van der Waals surface area (Å²) < 4.78 is 13.2. The summed E-state index contributed by atoms with van der Waals surface area (Å²) in [6, 6.07) is 13.7. The molecule has 0 aliphatic heterocycles. The predicted molar refractivity (Wildman–Crippen MR) is 70.0 cm³/mol. The third-order valence-electron chi connectivity index (χ3n) is 2.95. The molecule has 3 heteroatoms. The van der Waals surface area contributed by atoms with E-state index >= 15 is 0 Å². The van der Waals surface area contributed by atoms with Gasteiger partial charge >= 0.3 is 0 Å². The van der Waals surface area contributed by atoms with E-state index in [4.69, 9.17) is 0 Å². The topological polar surface area (TPSA) is 32.3 Å². The number of hydrogen-bond donors (Lipinski definition) is 2. The van der Waals surface area contributed by atoms with Crippen molar-refractivity contribution in [2.75, 3.05) is 7.05 Å². The average molecular weight is 245 g/mol. The first-order chi connectivity index (χ1) is 8.69. The quantitative estimate of drug-likeness (QED) is 0.867. The first-order valence-electron chi connectivity index (χ1n) is 5.89. The van der Waals surface area contributed by atoms with Gasteiger partial charge in [0.1, 0.15) is 11.6 Å². The van der Waals surface area contributed by atoms with Crippen LogP contribution >= 0.6 is 0 Å². The molecule has 2 aromatic rings. The Balaban J connectivity index is 2.19. The van der Waals surface area contributed by atoms with Crippen LogP contribution in [-0.2, 0) is 6.42 Å². The number of phenolic OH excluding ortho intramolecular Hbond substituents is 1. The molecule has 0 aliphatic carbocycles. The number of rotatable bonds is 4. The molecule has 0 fully saturated rings. The number of aromatic hydroxyl groups is 1. The van der Waals surface area contributed by atoms with Crippen LogP contribution in [0.1, 0.15) is 17.2 Å². The average Bonchev–Trinajstić information content (AvgIpc) is 2.36. The van der Waals surface area contributed by atoms with Crippen LogP contribution in [0, 0.1) is 5.82 Å². The summed E-state index contributed by atoms with van der Waals surface area (Å²) in [5.41, 5.74) is 1.92. The zero-order chi connectivity index (χ0) is 13.0. The van der Waals surface area contributed by atoms with Crippen molar-refractivity contribution >= 4 is 0 Å². The molecule has 0 bridgehead atoms. The Morgan fingerprint density at radius 3 is 2.61 bits per heavy atom. The molecular formula is C15H16FNO. The molecule has 0 spiro atoms. The molecule has 18 heavy (non-hydrogen) atoms. The van der Waals surface area contributed by atoms with E-state index in [0.717, 1.165) is 11.1 Å². The van der Waals surface area contributed by atoms with Gasteiger partial charge in [-0.1, -0.05) is 24.3 Å². The largest absolute Gasteiger partial charge is 0.508 e. The van der Waals surface area contributed by atoms with E-state index in [2.05, 4.69) is 5.32 Å². The smallest absolute Gasteiger partial charge is 0.123 e. The van der Waals surface area contributed by atoms with Crippen molar-refractivity contribution in [3.05, 3.63) is 65.5 Å². The van der Waals surface area contributed by atoms with Gasteiger partial charge in [-0.2, -0.15) is 0 Å². The van der Waals surface area contributed by atoms with Gasteiger partial charge in [0, 0.05) is 6.04 Å². The third-order valence-corrected chi connectivity index (χ3v) is 2.95. The molecule has 0 saturated heterocycles. The van der Waals surface area contributed by atoms with Crippen LogP contribution in [0.2, 0.25) is 0 Å². The lowest BCUT2D eigenvalue weighted by Crippen LogP contribution is -2.18. The maximum atomic E-state index is 13.2. The second-order valence-electron chi connectivity index (χ2n) is 4.27. The molecule has 1 unspecified atom stereocenters. The molecule has 1 atom stereocenters. The third kappa shape index (κ3) is 3.08. The van der Waals surface area contributed by atoms with E-state index in [9.17, 15) is 9.50 Å². The molecular weight excluding hydrogens is 229 g/mol. The molecule has 94 valence electrons. The number of hydrogen-bond acceptors (Lipinski definition) is 2. The Morgan fingerprint density at radius 1 is 1.17 bits per heavy atom. The van der Waals surface area contributed by atoms with Gasteiger partial charge in [0.25, 0.3) is 0 Å². The lowest BCUT2D eigenvalue weighted by molar-refractivity contribution is 0.473. The normalized spacial score (nSPS) is 12.3. The van der Waals surface area contributed by atoms with Crippen LogP contribution in [0.4, 0.5) is 4.39 Å². The van der Waals surface area contributed by atoms with Crippen LogP contribution in [0.3, 0.4) is 0 Å². The van der Waals surface area contributed by atoms with E-state index in [-0.39, 0.29) is 17.6 Å². The molecule has 0 saturated carbocycles. The van der Waals surface area contributed by atoms with E-state index in [1.807, 2.05) is 25.2 Å². The first kappa shape index (κ1) is 12.6. The lowest BCUT2D eigenvalue weighted by atomic mass is 9.99. The second kappa shape index (κ2) is 5.65. The first-order valence-corrected chi connectivity index (χ1v) is 5.89. The fourth-order valence-corrected chi connectivity index (χ4v) is 2.03. The van der Waals surface area contributed by atoms with Gasteiger partial charge in [0.15, 0.2) is 0 Å². The van der Waals surface area contributed by atoms with Crippen molar-refractivity contribution in [1.29, 1.82) is 0 Å². The Labute approximate surface area is 106 Å². The fraction of sp³-hybridized carbons (Fsp3) is 0.200. The summed E-state index contributed by atoms with van der Waals surface area (Å²) in [5.74, 6) is 0.0188. The molecule has 2 rings (SSSR count). The van der Waals surface area contributed by atoms with Crippen molar-refractivity contribution < 1.29 is 9.50 Å². The molecule has 0 radical (unpaired) electrons. The highest BCUT2D eigenvalue weighted by atomic mass is 19.1. The number of phenols is 1. The van der Waals surface area contributed by atoms with Gasteiger partial charge in [-0.15, -0.1) is 0 Å². The molecule has 0 heterocycles. The minimum Gasteiger partial charge on any atom is -0.508 e. The molecule has 0 amide bonds. The van der Waals surface area contributed by atoms with Crippen molar-refractivity contribution in [1.82, 2.24) is 5.32 Å². The fourth-order valence-electron chi connectivity index (χ4n) is 2.03. The summed E-state index contributed by atoms with van der Waals surface area (Å²) in [7, 11) is 1.85. The summed E-state index contributed by atoms with van der Waals surface area (Å²) in [5, 5.41) is 12.6. The predicted octanol–water partition coefficient (Wildman–Crippen LogP) is 3.03. The second-order valence-corrected chi connectivity index (χ2v) is 4.27. The summed E-state index contributed by atoms with van der Waals surface area (Å²) >= 11 is 0. The van der Waals surface area contributed by atoms with Gasteiger partial charge in [-0.3, -0.25) is 0 Å². The summed E-state index contributed by atoms with van der Waals surface area (Å²) in [6.45, 7) is 0. The maximum Gasteiger partial charge on any atom is 0.123 e.